The molecule has 0 saturated heterocycles. The van der Waals surface area contributed by atoms with Gasteiger partial charge in [-0.15, -0.1) is 0 Å². The minimum absolute atomic E-state index is 0.138. The Morgan fingerprint density at radius 3 is 2.34 bits per heavy atom. The van der Waals surface area contributed by atoms with E-state index in [1.165, 1.54) is 18.7 Å². The molecule has 0 radical (unpaired) electrons. The van der Waals surface area contributed by atoms with Gasteiger partial charge in [-0.3, -0.25) is 4.79 Å². The van der Waals surface area contributed by atoms with Gasteiger partial charge in [0.2, 0.25) is 10.0 Å². The molecule has 0 aliphatic rings. The van der Waals surface area contributed by atoms with Crippen molar-refractivity contribution in [3.8, 4) is 0 Å². The molecule has 1 atom stereocenters. The third kappa shape index (κ3) is 4.87. The van der Waals surface area contributed by atoms with Gasteiger partial charge in [0.1, 0.15) is 16.6 Å². The quantitative estimate of drug-likeness (QED) is 0.528. The molecule has 0 spiro atoms. The second-order valence-electron chi connectivity index (χ2n) is 6.17. The number of rotatable bonds is 5. The predicted octanol–water partition coefficient (Wildman–Crippen LogP) is 3.75. The second-order valence-corrected chi connectivity index (χ2v) is 8.26. The molecule has 2 rings (SSSR count). The van der Waals surface area contributed by atoms with Crippen LogP contribution < -0.4 is 10.0 Å². The predicted molar refractivity (Wildman–Crippen MR) is 95.3 cm³/mol. The average molecular weight is 460 g/mol. The Balaban J connectivity index is 2.37. The number of sulfonamides is 1. The van der Waals surface area contributed by atoms with Gasteiger partial charge in [0.05, 0.1) is 5.02 Å². The molecule has 13 heteroatoms. The van der Waals surface area contributed by atoms with Crippen LogP contribution in [-0.2, 0) is 17.1 Å². The lowest BCUT2D eigenvalue weighted by Gasteiger charge is -2.17. The second kappa shape index (κ2) is 7.92. The molecule has 1 heterocycles. The number of nitrogens with one attached hydrogen (secondary N) is 2. The van der Waals surface area contributed by atoms with Crippen molar-refractivity contribution < 1.29 is 35.2 Å². The number of carbonyl (C=O) groups excluding carboxylic acids is 1. The third-order valence-electron chi connectivity index (χ3n) is 3.96. The molecule has 160 valence electrons. The number of benzene rings is 1. The number of hydrogen-bond donors (Lipinski definition) is 2. The van der Waals surface area contributed by atoms with Crippen molar-refractivity contribution >= 4 is 33.2 Å². The van der Waals surface area contributed by atoms with Crippen LogP contribution in [0.1, 0.15) is 23.0 Å². The molecule has 1 amide bonds. The van der Waals surface area contributed by atoms with Gasteiger partial charge in [-0.2, -0.15) is 17.9 Å². The van der Waals surface area contributed by atoms with Crippen LogP contribution in [0.15, 0.2) is 23.2 Å². The highest BCUT2D eigenvalue weighted by Gasteiger charge is 2.39. The minimum atomic E-state index is -4.80. The van der Waals surface area contributed by atoms with Crippen LogP contribution >= 0.6 is 11.6 Å². The maximum atomic E-state index is 13.4. The highest BCUT2D eigenvalue weighted by atomic mass is 35.5. The summed E-state index contributed by atoms with van der Waals surface area (Å²) >= 11 is 5.51. The maximum Gasteiger partial charge on any atom is 0.404 e. The van der Waals surface area contributed by atoms with Crippen LogP contribution in [0.4, 0.5) is 27.6 Å². The highest BCUT2D eigenvalue weighted by molar-refractivity contribution is 7.89. The maximum absolute atomic E-state index is 13.4. The van der Waals surface area contributed by atoms with Gasteiger partial charge in [0.15, 0.2) is 11.6 Å². The molecule has 1 aromatic carbocycles. The van der Waals surface area contributed by atoms with Gasteiger partial charge in [-0.1, -0.05) is 11.6 Å². The first-order valence-corrected chi connectivity index (χ1v) is 9.72. The fourth-order valence-corrected chi connectivity index (χ4v) is 4.23. The zero-order valence-electron chi connectivity index (χ0n) is 15.2. The van der Waals surface area contributed by atoms with E-state index < -0.39 is 49.7 Å². The molecule has 29 heavy (non-hydrogen) atoms. The van der Waals surface area contributed by atoms with Crippen LogP contribution in [0.5, 0.6) is 0 Å². The van der Waals surface area contributed by atoms with Crippen molar-refractivity contribution in [1.29, 1.82) is 0 Å². The van der Waals surface area contributed by atoms with E-state index >= 15 is 0 Å². The molecule has 0 bridgehead atoms. The number of nitrogens with zero attached hydrogens (tertiary/aromatic N) is 1. The van der Waals surface area contributed by atoms with E-state index in [1.54, 1.807) is 0 Å². The van der Waals surface area contributed by atoms with Crippen molar-refractivity contribution in [3.05, 3.63) is 46.2 Å². The van der Waals surface area contributed by atoms with Crippen molar-refractivity contribution in [2.24, 2.45) is 7.05 Å². The number of hydrogen-bond acceptors (Lipinski definition) is 3. The molecule has 0 unspecified atom stereocenters. The van der Waals surface area contributed by atoms with Gasteiger partial charge in [0.25, 0.3) is 5.91 Å². The van der Waals surface area contributed by atoms with E-state index in [1.807, 2.05) is 0 Å². The Labute approximate surface area is 167 Å². The normalized spacial score (nSPS) is 13.4. The third-order valence-corrected chi connectivity index (χ3v) is 5.89. The summed E-state index contributed by atoms with van der Waals surface area (Å²) in [6.45, 7) is 1.86. The number of halogens is 6. The number of alkyl halides is 3. The lowest BCUT2D eigenvalue weighted by Crippen LogP contribution is -2.43. The van der Waals surface area contributed by atoms with Crippen LogP contribution in [0, 0.1) is 18.6 Å². The molecule has 1 aromatic heterocycles. The number of carbonyl (C=O) groups is 1. The Hall–Kier alpha value is -2.18. The largest absolute Gasteiger partial charge is 0.404 e. The summed E-state index contributed by atoms with van der Waals surface area (Å²) in [5.74, 6) is -3.53. The van der Waals surface area contributed by atoms with Gasteiger partial charge in [-0.05, 0) is 25.5 Å². The van der Waals surface area contributed by atoms with Crippen LogP contribution in [-0.4, -0.2) is 31.1 Å². The smallest absolute Gasteiger partial charge is 0.345 e. The monoisotopic (exact) mass is 459 g/mol. The van der Waals surface area contributed by atoms with Crippen molar-refractivity contribution in [3.63, 3.8) is 0 Å². The van der Waals surface area contributed by atoms with E-state index in [9.17, 15) is 35.2 Å². The molecule has 0 fully saturated rings. The lowest BCUT2D eigenvalue weighted by molar-refractivity contribution is -0.147. The van der Waals surface area contributed by atoms with E-state index in [2.05, 4.69) is 5.32 Å². The van der Waals surface area contributed by atoms with Crippen molar-refractivity contribution in [2.75, 3.05) is 5.32 Å². The zero-order chi connectivity index (χ0) is 22.3. The fourth-order valence-electron chi connectivity index (χ4n) is 2.50. The summed E-state index contributed by atoms with van der Waals surface area (Å²) in [6, 6.07) is -0.740. The number of amides is 1. The standard InChI is InChI=1S/C16H15ClF5N3O3S/c1-7-12(29(27,28)24-8(2)16(20,21)22)6-25(3)14(7)15(26)23-9-4-10(17)13(19)11(18)5-9/h4-6,8,24H,1-3H3,(H,23,26)/t8-/m1/s1. The Kier molecular flexibility index (Phi) is 6.31. The summed E-state index contributed by atoms with van der Waals surface area (Å²) < 4.78 is 91.9. The molecule has 2 aromatic rings. The van der Waals surface area contributed by atoms with Gasteiger partial charge in [0, 0.05) is 25.0 Å². The van der Waals surface area contributed by atoms with Crippen LogP contribution in [0.3, 0.4) is 0 Å². The summed E-state index contributed by atoms with van der Waals surface area (Å²) in [5, 5.41) is 1.65. The summed E-state index contributed by atoms with van der Waals surface area (Å²) in [6.07, 6.45) is -3.84. The van der Waals surface area contributed by atoms with E-state index in [4.69, 9.17) is 11.6 Å². The topological polar surface area (TPSA) is 80.2 Å². The fraction of sp³-hybridized carbons (Fsp3) is 0.312. The van der Waals surface area contributed by atoms with Gasteiger partial charge >= 0.3 is 6.18 Å². The van der Waals surface area contributed by atoms with Gasteiger partial charge < -0.3 is 9.88 Å². The molecule has 6 nitrogen and oxygen atoms in total. The van der Waals surface area contributed by atoms with Crippen molar-refractivity contribution in [2.45, 2.75) is 31.0 Å². The zero-order valence-corrected chi connectivity index (χ0v) is 16.7. The first kappa shape index (κ1) is 23.1. The number of aryl methyl sites for hydroxylation is 1. The van der Waals surface area contributed by atoms with Crippen LogP contribution in [0.25, 0.3) is 0 Å². The van der Waals surface area contributed by atoms with E-state index in [0.29, 0.717) is 13.0 Å². The Morgan fingerprint density at radius 2 is 1.83 bits per heavy atom. The lowest BCUT2D eigenvalue weighted by atomic mass is 10.2. The summed E-state index contributed by atoms with van der Waals surface area (Å²) in [7, 11) is -3.30. The molecule has 2 N–H and O–H groups in total. The van der Waals surface area contributed by atoms with E-state index in [0.717, 1.165) is 16.8 Å². The summed E-state index contributed by atoms with van der Waals surface area (Å²) in [5.41, 5.74) is -0.556. The van der Waals surface area contributed by atoms with Gasteiger partial charge in [-0.25, -0.2) is 17.2 Å². The molecule has 0 aliphatic carbocycles. The first-order valence-electron chi connectivity index (χ1n) is 7.86. The minimum Gasteiger partial charge on any atom is -0.345 e. The average Bonchev–Trinajstić information content (AvgIpc) is 2.86. The molecular weight excluding hydrogens is 445 g/mol. The first-order chi connectivity index (χ1) is 13.1. The Bertz CT molecular complexity index is 1040. The molecule has 0 saturated carbocycles. The molecule has 0 aliphatic heterocycles. The SMILES string of the molecule is Cc1c(S(=O)(=O)N[C@H](C)C(F)(F)F)cn(C)c1C(=O)Nc1cc(F)c(F)c(Cl)c1. The van der Waals surface area contributed by atoms with Crippen molar-refractivity contribution in [1.82, 2.24) is 9.29 Å². The Morgan fingerprint density at radius 1 is 1.24 bits per heavy atom. The highest BCUT2D eigenvalue weighted by Crippen LogP contribution is 2.27. The van der Waals surface area contributed by atoms with E-state index in [-0.39, 0.29) is 16.9 Å². The summed E-state index contributed by atoms with van der Waals surface area (Å²) in [4.78, 5) is 12.0. The number of aromatic nitrogens is 1. The number of anilines is 1. The van der Waals surface area contributed by atoms with Crippen LogP contribution in [0.2, 0.25) is 5.02 Å². The molecular formula is C16H15ClF5N3O3S.